The van der Waals surface area contributed by atoms with Gasteiger partial charge in [0.25, 0.3) is 12.3 Å². The first kappa shape index (κ1) is 23.2. The third-order valence-corrected chi connectivity index (χ3v) is 4.97. The monoisotopic (exact) mass is 423 g/mol. The lowest BCUT2D eigenvalue weighted by molar-refractivity contribution is -0.114. The van der Waals surface area contributed by atoms with Crippen molar-refractivity contribution < 1.29 is 18.0 Å². The summed E-state index contributed by atoms with van der Waals surface area (Å²) in [6, 6.07) is 4.52. The number of hydrogen-bond donors (Lipinski definition) is 5. The van der Waals surface area contributed by atoms with Gasteiger partial charge in [0.2, 0.25) is 5.95 Å². The molecule has 30 heavy (non-hydrogen) atoms. The molecule has 1 aromatic heterocycles. The number of carbonyl (C=O) groups excluding carboxylic acids is 1. The molecule has 8 nitrogen and oxygen atoms in total. The number of amides is 1. The number of halogens is 3. The smallest absolute Gasteiger partial charge is 0.253 e. The van der Waals surface area contributed by atoms with Gasteiger partial charge < -0.3 is 21.7 Å². The van der Waals surface area contributed by atoms with Crippen molar-refractivity contribution >= 4 is 17.4 Å². The number of carbonyl (C=O) groups is 1. The van der Waals surface area contributed by atoms with Crippen molar-refractivity contribution in [1.29, 1.82) is 10.7 Å². The summed E-state index contributed by atoms with van der Waals surface area (Å²) in [6.45, 7) is -0.381. The number of nitriles is 1. The number of alkyl halides is 2. The summed E-state index contributed by atoms with van der Waals surface area (Å²) in [5.74, 6) is -1.98. The lowest BCUT2D eigenvalue weighted by Gasteiger charge is -2.39. The van der Waals surface area contributed by atoms with Crippen LogP contribution in [0.4, 0.5) is 18.9 Å². The molecule has 0 spiro atoms. The second-order valence-corrected chi connectivity index (χ2v) is 7.12. The molecule has 1 aromatic rings. The van der Waals surface area contributed by atoms with E-state index in [0.717, 1.165) is 6.07 Å². The van der Waals surface area contributed by atoms with Crippen LogP contribution in [-0.4, -0.2) is 41.3 Å². The number of nitrogens with one attached hydrogen (secondary N) is 4. The molecule has 0 saturated heterocycles. The number of primary amides is 1. The first-order chi connectivity index (χ1) is 14.2. The van der Waals surface area contributed by atoms with E-state index >= 15 is 0 Å². The van der Waals surface area contributed by atoms with Gasteiger partial charge in [0, 0.05) is 35.7 Å². The van der Waals surface area contributed by atoms with E-state index in [1.807, 2.05) is 0 Å². The van der Waals surface area contributed by atoms with E-state index in [4.69, 9.17) is 11.1 Å². The van der Waals surface area contributed by atoms with Gasteiger partial charge in [0.05, 0.1) is 24.6 Å². The van der Waals surface area contributed by atoms with E-state index in [1.54, 1.807) is 0 Å². The Hall–Kier alpha value is -3.13. The Morgan fingerprint density at radius 2 is 2.17 bits per heavy atom. The van der Waals surface area contributed by atoms with Crippen LogP contribution in [0.25, 0.3) is 0 Å². The van der Waals surface area contributed by atoms with Gasteiger partial charge in [0.1, 0.15) is 5.84 Å². The molecule has 0 atom stereocenters. The van der Waals surface area contributed by atoms with E-state index in [1.165, 1.54) is 18.5 Å². The van der Waals surface area contributed by atoms with Gasteiger partial charge in [-0.15, -0.1) is 0 Å². The summed E-state index contributed by atoms with van der Waals surface area (Å²) in [6.07, 6.45) is 2.37. The van der Waals surface area contributed by atoms with Crippen molar-refractivity contribution in [3.63, 3.8) is 0 Å². The summed E-state index contributed by atoms with van der Waals surface area (Å²) in [4.78, 5) is 15.2. The van der Waals surface area contributed by atoms with Crippen LogP contribution in [0.5, 0.6) is 0 Å². The summed E-state index contributed by atoms with van der Waals surface area (Å²) >= 11 is 0. The average Bonchev–Trinajstić information content (AvgIpc) is 2.67. The topological polar surface area (TPSA) is 140 Å². The van der Waals surface area contributed by atoms with Crippen molar-refractivity contribution in [2.45, 2.75) is 50.1 Å². The Kier molecular flexibility index (Phi) is 8.17. The second kappa shape index (κ2) is 10.6. The number of nitrogens with zero attached hydrogens (tertiary/aromatic N) is 2. The molecule has 2 rings (SSSR count). The standard InChI is InChI=1S/C19H24F3N7O/c20-15(21)11-27-12-1-4-19(5-2-12,6-7-23)28-10-14(18(25)30)17(24)29-13-3-8-26-16(22)9-13/h3,8-10,12,15,27-28H,1-2,4-6,11H2,(H2,25,30)(H2,24,26,29)/b14-10+. The Labute approximate surface area is 172 Å². The maximum Gasteiger partial charge on any atom is 0.253 e. The average molecular weight is 423 g/mol. The Balaban J connectivity index is 2.07. The normalized spacial score (nSPS) is 21.7. The highest BCUT2D eigenvalue weighted by Gasteiger charge is 2.35. The van der Waals surface area contributed by atoms with Crippen LogP contribution in [0, 0.1) is 22.7 Å². The minimum atomic E-state index is -2.43. The van der Waals surface area contributed by atoms with E-state index in [0.29, 0.717) is 25.7 Å². The molecule has 0 aliphatic heterocycles. The number of nitrogens with two attached hydrogens (primary N) is 1. The molecule has 0 radical (unpaired) electrons. The summed E-state index contributed by atoms with van der Waals surface area (Å²) in [7, 11) is 0. The first-order valence-corrected chi connectivity index (χ1v) is 9.38. The predicted octanol–water partition coefficient (Wildman–Crippen LogP) is 2.02. The number of anilines is 1. The molecule has 0 bridgehead atoms. The maximum atomic E-state index is 13.2. The van der Waals surface area contributed by atoms with E-state index in [9.17, 15) is 23.2 Å². The fraction of sp³-hybridized carbons (Fsp3) is 0.474. The fourth-order valence-electron chi connectivity index (χ4n) is 3.34. The molecule has 162 valence electrons. The zero-order chi connectivity index (χ0) is 22.1. The fourth-order valence-corrected chi connectivity index (χ4v) is 3.34. The van der Waals surface area contributed by atoms with Crippen molar-refractivity contribution in [2.75, 3.05) is 11.9 Å². The molecule has 11 heteroatoms. The molecule has 0 unspecified atom stereocenters. The molecular weight excluding hydrogens is 399 g/mol. The van der Waals surface area contributed by atoms with Crippen LogP contribution < -0.4 is 21.7 Å². The van der Waals surface area contributed by atoms with Crippen molar-refractivity contribution in [1.82, 2.24) is 15.6 Å². The Morgan fingerprint density at radius 1 is 1.47 bits per heavy atom. The molecule has 1 saturated carbocycles. The lowest BCUT2D eigenvalue weighted by atomic mass is 9.77. The van der Waals surface area contributed by atoms with Gasteiger partial charge in [0.15, 0.2) is 0 Å². The minimum absolute atomic E-state index is 0.0752. The summed E-state index contributed by atoms with van der Waals surface area (Å²) < 4.78 is 38.0. The van der Waals surface area contributed by atoms with Crippen molar-refractivity contribution in [3.05, 3.63) is 36.1 Å². The third kappa shape index (κ3) is 6.73. The molecule has 1 heterocycles. The molecule has 1 aliphatic rings. The van der Waals surface area contributed by atoms with Crippen molar-refractivity contribution in [3.8, 4) is 6.07 Å². The molecular formula is C19H24F3N7O. The lowest BCUT2D eigenvalue weighted by Crippen LogP contribution is -2.49. The van der Waals surface area contributed by atoms with Crippen LogP contribution in [0.3, 0.4) is 0 Å². The predicted molar refractivity (Wildman–Crippen MR) is 105 cm³/mol. The van der Waals surface area contributed by atoms with Gasteiger partial charge in [-0.2, -0.15) is 9.65 Å². The largest absolute Gasteiger partial charge is 0.384 e. The third-order valence-electron chi connectivity index (χ3n) is 4.97. The zero-order valence-electron chi connectivity index (χ0n) is 16.2. The molecule has 1 amide bonds. The van der Waals surface area contributed by atoms with E-state index in [-0.39, 0.29) is 36.1 Å². The minimum Gasteiger partial charge on any atom is -0.384 e. The van der Waals surface area contributed by atoms with Crippen LogP contribution in [0.1, 0.15) is 32.1 Å². The quantitative estimate of drug-likeness (QED) is 0.178. The first-order valence-electron chi connectivity index (χ1n) is 9.38. The Morgan fingerprint density at radius 3 is 2.73 bits per heavy atom. The molecule has 0 aromatic carbocycles. The second-order valence-electron chi connectivity index (χ2n) is 7.12. The number of amidine groups is 1. The number of rotatable bonds is 9. The van der Waals surface area contributed by atoms with Gasteiger partial charge >= 0.3 is 0 Å². The van der Waals surface area contributed by atoms with E-state index in [2.05, 4.69) is 27.0 Å². The van der Waals surface area contributed by atoms with Gasteiger partial charge in [-0.1, -0.05) is 0 Å². The van der Waals surface area contributed by atoms with Crippen molar-refractivity contribution in [2.24, 2.45) is 5.73 Å². The summed E-state index contributed by atoms with van der Waals surface area (Å²) in [5, 5.41) is 25.7. The molecule has 1 aliphatic carbocycles. The van der Waals surface area contributed by atoms with Crippen LogP contribution in [0.2, 0.25) is 0 Å². The number of aromatic nitrogens is 1. The Bertz CT molecular complexity index is 830. The van der Waals surface area contributed by atoms with Gasteiger partial charge in [-0.25, -0.2) is 13.8 Å². The van der Waals surface area contributed by atoms with Gasteiger partial charge in [-0.05, 0) is 31.7 Å². The molecule has 1 fully saturated rings. The van der Waals surface area contributed by atoms with Crippen LogP contribution in [-0.2, 0) is 4.79 Å². The number of hydrogen-bond acceptors (Lipinski definition) is 6. The highest BCUT2D eigenvalue weighted by molar-refractivity contribution is 6.23. The molecule has 6 N–H and O–H groups in total. The highest BCUT2D eigenvalue weighted by atomic mass is 19.3. The number of pyridine rings is 1. The highest BCUT2D eigenvalue weighted by Crippen LogP contribution is 2.31. The zero-order valence-corrected chi connectivity index (χ0v) is 16.2. The van der Waals surface area contributed by atoms with Crippen LogP contribution in [0.15, 0.2) is 30.1 Å². The van der Waals surface area contributed by atoms with Gasteiger partial charge in [-0.3, -0.25) is 10.2 Å². The summed E-state index contributed by atoms with van der Waals surface area (Å²) in [5.41, 5.74) is 4.76. The maximum absolute atomic E-state index is 13.2. The van der Waals surface area contributed by atoms with E-state index < -0.39 is 23.8 Å². The van der Waals surface area contributed by atoms with Crippen LogP contribution >= 0.6 is 0 Å². The SMILES string of the molecule is N#CCC1(N/C=C(\C(=N)Nc2ccnc(F)c2)C(N)=O)CCC(NCC(F)F)CC1.